The van der Waals surface area contributed by atoms with Crippen LogP contribution in [0.2, 0.25) is 0 Å². The first-order valence-electron chi connectivity index (χ1n) is 10.2. The van der Waals surface area contributed by atoms with Crippen molar-refractivity contribution in [3.8, 4) is 0 Å². The van der Waals surface area contributed by atoms with E-state index in [0.29, 0.717) is 5.92 Å². The lowest BCUT2D eigenvalue weighted by molar-refractivity contribution is -0.150. The first kappa shape index (κ1) is 25.7. The number of hydrogen-bond acceptors (Lipinski definition) is 2. The van der Waals surface area contributed by atoms with Gasteiger partial charge in [-0.2, -0.15) is 0 Å². The average molecular weight is 344 g/mol. The number of hydrogen-bond donors (Lipinski definition) is 2. The third kappa shape index (κ3) is 11.9. The van der Waals surface area contributed by atoms with Crippen molar-refractivity contribution in [2.24, 2.45) is 11.3 Å². The van der Waals surface area contributed by atoms with Gasteiger partial charge in [-0.3, -0.25) is 4.79 Å². The Bertz CT molecular complexity index is 290. The fourth-order valence-corrected chi connectivity index (χ4v) is 3.48. The molecule has 1 unspecified atom stereocenters. The summed E-state index contributed by atoms with van der Waals surface area (Å²) in [5, 5.41) is 9.33. The van der Waals surface area contributed by atoms with Crippen LogP contribution in [0.3, 0.4) is 0 Å². The van der Waals surface area contributed by atoms with Crippen molar-refractivity contribution in [3.05, 3.63) is 0 Å². The van der Waals surface area contributed by atoms with Crippen molar-refractivity contribution >= 4 is 5.97 Å². The molecule has 0 fully saturated rings. The van der Waals surface area contributed by atoms with E-state index in [1.54, 1.807) is 0 Å². The molecule has 1 atom stereocenters. The molecule has 0 heterocycles. The van der Waals surface area contributed by atoms with Crippen LogP contribution in [0, 0.1) is 11.3 Å². The van der Waals surface area contributed by atoms with Crippen molar-refractivity contribution in [3.63, 3.8) is 0 Å². The molecule has 3 nitrogen and oxygen atoms in total. The average Bonchev–Trinajstić information content (AvgIpc) is 2.51. The summed E-state index contributed by atoms with van der Waals surface area (Å²) in [6.45, 7) is 8.15. The molecule has 24 heavy (non-hydrogen) atoms. The van der Waals surface area contributed by atoms with Gasteiger partial charge < -0.3 is 11.3 Å². The van der Waals surface area contributed by atoms with Crippen LogP contribution in [0.1, 0.15) is 118 Å². The summed E-state index contributed by atoms with van der Waals surface area (Å²) in [5.74, 6) is -0.341. The Labute approximate surface area is 151 Å². The maximum atomic E-state index is 11.3. The van der Waals surface area contributed by atoms with Crippen molar-refractivity contribution in [2.45, 2.75) is 118 Å². The molecule has 0 aliphatic heterocycles. The van der Waals surface area contributed by atoms with E-state index in [-0.39, 0.29) is 6.15 Å². The fraction of sp³-hybridized carbons (Fsp3) is 0.952. The molecule has 0 aliphatic carbocycles. The highest BCUT2D eigenvalue weighted by Gasteiger charge is 2.34. The largest absolute Gasteiger partial charge is 0.481 e. The summed E-state index contributed by atoms with van der Waals surface area (Å²) in [5.41, 5.74) is -0.577. The van der Waals surface area contributed by atoms with Crippen LogP contribution in [0.15, 0.2) is 0 Å². The smallest absolute Gasteiger partial charge is 0.309 e. The molecule has 0 bridgehead atoms. The van der Waals surface area contributed by atoms with Gasteiger partial charge in [-0.05, 0) is 26.2 Å². The molecule has 0 saturated heterocycles. The van der Waals surface area contributed by atoms with Crippen LogP contribution in [-0.2, 0) is 4.79 Å². The Hall–Kier alpha value is -0.570. The first-order chi connectivity index (χ1) is 11.0. The standard InChI is InChI=1S/C21H42O2.H3N/c1-5-7-8-9-10-11-12-13-14-15-16-17-18-19(6-2)21(3,4)20(22)23;/h19H,5-18H2,1-4H3,(H,22,23);1H3. The van der Waals surface area contributed by atoms with Gasteiger partial charge in [-0.15, -0.1) is 0 Å². The van der Waals surface area contributed by atoms with E-state index in [0.717, 1.165) is 12.8 Å². The van der Waals surface area contributed by atoms with Gasteiger partial charge in [0, 0.05) is 0 Å². The summed E-state index contributed by atoms with van der Waals surface area (Å²) in [6.07, 6.45) is 18.3. The Balaban J connectivity index is 0. The highest BCUT2D eigenvalue weighted by molar-refractivity contribution is 5.73. The maximum absolute atomic E-state index is 11.3. The third-order valence-electron chi connectivity index (χ3n) is 5.47. The molecule has 0 radical (unpaired) electrons. The second-order valence-corrected chi connectivity index (χ2v) is 7.81. The van der Waals surface area contributed by atoms with Gasteiger partial charge in [-0.1, -0.05) is 97.3 Å². The predicted molar refractivity (Wildman–Crippen MR) is 106 cm³/mol. The van der Waals surface area contributed by atoms with Crippen molar-refractivity contribution in [2.75, 3.05) is 0 Å². The molecular weight excluding hydrogens is 298 g/mol. The van der Waals surface area contributed by atoms with Gasteiger partial charge in [0.15, 0.2) is 0 Å². The second kappa shape index (κ2) is 15.9. The fourth-order valence-electron chi connectivity index (χ4n) is 3.48. The van der Waals surface area contributed by atoms with Crippen LogP contribution in [-0.4, -0.2) is 11.1 Å². The molecular formula is C21H45NO2. The zero-order valence-electron chi connectivity index (χ0n) is 17.0. The van der Waals surface area contributed by atoms with E-state index in [1.807, 2.05) is 13.8 Å². The quantitative estimate of drug-likeness (QED) is 0.287. The second-order valence-electron chi connectivity index (χ2n) is 7.81. The zero-order valence-corrected chi connectivity index (χ0v) is 17.0. The van der Waals surface area contributed by atoms with Gasteiger partial charge in [0.25, 0.3) is 0 Å². The van der Waals surface area contributed by atoms with Gasteiger partial charge in [0.1, 0.15) is 0 Å². The monoisotopic (exact) mass is 343 g/mol. The predicted octanol–water partition coefficient (Wildman–Crippen LogP) is 7.38. The number of unbranched alkanes of at least 4 members (excludes halogenated alkanes) is 11. The highest BCUT2D eigenvalue weighted by Crippen LogP contribution is 2.33. The lowest BCUT2D eigenvalue weighted by Gasteiger charge is -2.29. The summed E-state index contributed by atoms with van der Waals surface area (Å²) in [7, 11) is 0. The minimum atomic E-state index is -0.650. The van der Waals surface area contributed by atoms with Crippen LogP contribution in [0.25, 0.3) is 0 Å². The zero-order chi connectivity index (χ0) is 17.6. The van der Waals surface area contributed by atoms with Gasteiger partial charge in [-0.25, -0.2) is 0 Å². The minimum absolute atomic E-state index is 0. The molecule has 0 aromatic carbocycles. The number of carboxylic acids is 1. The third-order valence-corrected chi connectivity index (χ3v) is 5.47. The van der Waals surface area contributed by atoms with Gasteiger partial charge in [0.2, 0.25) is 0 Å². The molecule has 0 amide bonds. The molecule has 3 heteroatoms. The highest BCUT2D eigenvalue weighted by atomic mass is 16.4. The Morgan fingerprint density at radius 1 is 0.792 bits per heavy atom. The number of carboxylic acid groups (broad SMARTS) is 1. The Kier molecular flexibility index (Phi) is 17.0. The summed E-state index contributed by atoms with van der Waals surface area (Å²) in [6, 6.07) is 0. The van der Waals surface area contributed by atoms with Crippen molar-refractivity contribution < 1.29 is 9.90 Å². The SMILES string of the molecule is CCCCCCCCCCCCCCC(CC)C(C)(C)C(=O)O.N. The van der Waals surface area contributed by atoms with Gasteiger partial charge >= 0.3 is 5.97 Å². The normalized spacial score (nSPS) is 12.7. The van der Waals surface area contributed by atoms with E-state index in [9.17, 15) is 9.90 Å². The summed E-state index contributed by atoms with van der Waals surface area (Å²) in [4.78, 5) is 11.3. The molecule has 0 aromatic heterocycles. The van der Waals surface area contributed by atoms with E-state index in [2.05, 4.69) is 13.8 Å². The van der Waals surface area contributed by atoms with E-state index in [4.69, 9.17) is 0 Å². The van der Waals surface area contributed by atoms with Crippen molar-refractivity contribution in [1.82, 2.24) is 6.15 Å². The van der Waals surface area contributed by atoms with E-state index >= 15 is 0 Å². The maximum Gasteiger partial charge on any atom is 0.309 e. The lowest BCUT2D eigenvalue weighted by atomic mass is 9.74. The molecule has 4 N–H and O–H groups in total. The molecule has 0 spiro atoms. The lowest BCUT2D eigenvalue weighted by Crippen LogP contribution is -2.32. The van der Waals surface area contributed by atoms with E-state index in [1.165, 1.54) is 77.0 Å². The first-order valence-corrected chi connectivity index (χ1v) is 10.2. The van der Waals surface area contributed by atoms with E-state index < -0.39 is 11.4 Å². The number of carbonyl (C=O) groups is 1. The number of aliphatic carboxylic acids is 1. The molecule has 146 valence electrons. The van der Waals surface area contributed by atoms with Crippen LogP contribution in [0.4, 0.5) is 0 Å². The van der Waals surface area contributed by atoms with Crippen LogP contribution < -0.4 is 6.15 Å². The number of rotatable bonds is 16. The Morgan fingerprint density at radius 2 is 1.17 bits per heavy atom. The van der Waals surface area contributed by atoms with Crippen LogP contribution >= 0.6 is 0 Å². The topological polar surface area (TPSA) is 72.3 Å². The summed E-state index contributed by atoms with van der Waals surface area (Å²) >= 11 is 0. The Morgan fingerprint density at radius 3 is 1.50 bits per heavy atom. The minimum Gasteiger partial charge on any atom is -0.481 e. The molecule has 0 aromatic rings. The van der Waals surface area contributed by atoms with Gasteiger partial charge in [0.05, 0.1) is 5.41 Å². The molecule has 0 aliphatic rings. The summed E-state index contributed by atoms with van der Waals surface area (Å²) < 4.78 is 0. The van der Waals surface area contributed by atoms with Crippen LogP contribution in [0.5, 0.6) is 0 Å². The molecule has 0 rings (SSSR count). The molecule has 0 saturated carbocycles. The van der Waals surface area contributed by atoms with Crippen molar-refractivity contribution in [1.29, 1.82) is 0 Å².